The number of hydrogen-bond acceptors (Lipinski definition) is 6. The minimum absolute atomic E-state index is 0.111. The average Bonchev–Trinajstić information content (AvgIpc) is 2.32. The van der Waals surface area contributed by atoms with Crippen LogP contribution < -0.4 is 5.32 Å². The van der Waals surface area contributed by atoms with Gasteiger partial charge in [-0.25, -0.2) is 8.42 Å². The van der Waals surface area contributed by atoms with E-state index in [1.54, 1.807) is 6.92 Å². The molecule has 0 rings (SSSR count). The highest BCUT2D eigenvalue weighted by Gasteiger charge is 2.30. The van der Waals surface area contributed by atoms with Crippen LogP contribution in [-0.4, -0.2) is 77.6 Å². The number of amides is 1. The van der Waals surface area contributed by atoms with E-state index in [2.05, 4.69) is 11.9 Å². The molecule has 0 heterocycles. The van der Waals surface area contributed by atoms with Crippen molar-refractivity contribution in [3.63, 3.8) is 0 Å². The number of aliphatic hydroxyl groups is 2. The first-order valence-corrected chi connectivity index (χ1v) is 7.87. The fourth-order valence-electron chi connectivity index (χ4n) is 1.77. The van der Waals surface area contributed by atoms with Crippen molar-refractivity contribution < 1.29 is 37.0 Å². The van der Waals surface area contributed by atoms with Gasteiger partial charge in [-0.3, -0.25) is 9.35 Å². The molecule has 1 amide bonds. The molecule has 0 saturated carbocycles. The molecule has 0 aromatic carbocycles. The number of rotatable bonds is 7. The smallest absolute Gasteiger partial charge is 0.250 e. The number of nitrogens with one attached hydrogen (secondary N) is 1. The van der Waals surface area contributed by atoms with Crippen molar-refractivity contribution in [3.05, 3.63) is 12.2 Å². The van der Waals surface area contributed by atoms with Crippen LogP contribution >= 0.6 is 0 Å². The summed E-state index contributed by atoms with van der Waals surface area (Å²) in [5, 5.41) is 21.2. The predicted molar refractivity (Wildman–Crippen MR) is 79.4 cm³/mol. The zero-order valence-electron chi connectivity index (χ0n) is 13.3. The second-order valence-electron chi connectivity index (χ2n) is 5.40. The summed E-state index contributed by atoms with van der Waals surface area (Å²) < 4.78 is 33.2. The average molecular weight is 342 g/mol. The zero-order valence-corrected chi connectivity index (χ0v) is 14.1. The summed E-state index contributed by atoms with van der Waals surface area (Å²) in [6, 6.07) is 0. The number of carbonyl (C=O) groups excluding carboxylic acids is 1. The van der Waals surface area contributed by atoms with Crippen molar-refractivity contribution >= 4 is 16.3 Å². The molecular formula is C12H26N2O7S. The van der Waals surface area contributed by atoms with E-state index in [0.29, 0.717) is 16.6 Å². The molecule has 0 aliphatic carbocycles. The van der Waals surface area contributed by atoms with E-state index >= 15 is 0 Å². The molecule has 0 aliphatic rings. The summed E-state index contributed by atoms with van der Waals surface area (Å²) in [4.78, 5) is 11.6. The Morgan fingerprint density at radius 3 is 2.09 bits per heavy atom. The predicted octanol–water partition coefficient (Wildman–Crippen LogP) is -1.15. The van der Waals surface area contributed by atoms with Gasteiger partial charge in [-0.2, -0.15) is 0 Å². The first-order valence-electron chi connectivity index (χ1n) is 6.50. The highest BCUT2D eigenvalue weighted by molar-refractivity contribution is 7.79. The number of nitrogens with zero attached hydrogens (tertiary/aromatic N) is 1. The van der Waals surface area contributed by atoms with Crippen LogP contribution in [0.3, 0.4) is 0 Å². The minimum atomic E-state index is -4.92. The van der Waals surface area contributed by atoms with Gasteiger partial charge in [-0.15, -0.1) is 0 Å². The molecule has 4 N–H and O–H groups in total. The Bertz CT molecular complexity index is 454. The molecule has 0 aliphatic heterocycles. The first-order chi connectivity index (χ1) is 9.74. The van der Waals surface area contributed by atoms with E-state index in [-0.39, 0.29) is 18.7 Å². The third-order valence-electron chi connectivity index (χ3n) is 2.81. The van der Waals surface area contributed by atoms with Gasteiger partial charge in [0.25, 0.3) is 5.91 Å². The van der Waals surface area contributed by atoms with Crippen LogP contribution in [0.5, 0.6) is 0 Å². The largest absolute Gasteiger partial charge is 0.726 e. The lowest BCUT2D eigenvalue weighted by Gasteiger charge is -2.38. The number of likely N-dealkylation sites (N-methyl/N-ethyl adjacent to an activating group) is 1. The summed E-state index contributed by atoms with van der Waals surface area (Å²) in [7, 11) is -1.10. The van der Waals surface area contributed by atoms with Crippen molar-refractivity contribution in [2.45, 2.75) is 32.5 Å². The number of quaternary nitrogens is 1. The maximum atomic E-state index is 11.6. The van der Waals surface area contributed by atoms with Crippen molar-refractivity contribution in [1.82, 2.24) is 5.32 Å². The Morgan fingerprint density at radius 2 is 1.82 bits per heavy atom. The van der Waals surface area contributed by atoms with Gasteiger partial charge in [0.15, 0.2) is 6.17 Å². The monoisotopic (exact) mass is 342 g/mol. The molecular weight excluding hydrogens is 316 g/mol. The fourth-order valence-corrected chi connectivity index (χ4v) is 1.77. The summed E-state index contributed by atoms with van der Waals surface area (Å²) in [6.45, 7) is 7.33. The Balaban J connectivity index is 0. The Hall–Kier alpha value is -1.04. The SMILES string of the molecule is C=C(C)C(=O)NC(CC)[N+](C)(C)CC(O)CO.O=S(=O)([O-])O. The van der Waals surface area contributed by atoms with Crippen LogP contribution in [0, 0.1) is 0 Å². The van der Waals surface area contributed by atoms with E-state index in [1.165, 1.54) is 0 Å². The van der Waals surface area contributed by atoms with Crippen molar-refractivity contribution in [2.24, 2.45) is 0 Å². The van der Waals surface area contributed by atoms with Crippen molar-refractivity contribution in [3.8, 4) is 0 Å². The molecule has 132 valence electrons. The van der Waals surface area contributed by atoms with Gasteiger partial charge in [-0.1, -0.05) is 13.5 Å². The summed E-state index contributed by atoms with van der Waals surface area (Å²) in [5.74, 6) is -0.179. The maximum Gasteiger partial charge on any atom is 0.250 e. The molecule has 0 fully saturated rings. The Labute approximate surface area is 131 Å². The Kier molecular flexibility index (Phi) is 10.4. The Morgan fingerprint density at radius 1 is 1.41 bits per heavy atom. The van der Waals surface area contributed by atoms with Crippen LogP contribution in [0.25, 0.3) is 0 Å². The third-order valence-corrected chi connectivity index (χ3v) is 2.81. The third kappa shape index (κ3) is 12.7. The van der Waals surface area contributed by atoms with Crippen LogP contribution in [0.15, 0.2) is 12.2 Å². The van der Waals surface area contributed by atoms with Crippen LogP contribution in [0.4, 0.5) is 0 Å². The lowest BCUT2D eigenvalue weighted by molar-refractivity contribution is -0.920. The van der Waals surface area contributed by atoms with Crippen LogP contribution in [0.1, 0.15) is 20.3 Å². The van der Waals surface area contributed by atoms with Crippen LogP contribution in [-0.2, 0) is 15.2 Å². The molecule has 10 heteroatoms. The summed E-state index contributed by atoms with van der Waals surface area (Å²) >= 11 is 0. The lowest BCUT2D eigenvalue weighted by atomic mass is 10.2. The van der Waals surface area contributed by atoms with E-state index < -0.39 is 16.5 Å². The topological polar surface area (TPSA) is 147 Å². The molecule has 2 atom stereocenters. The van der Waals surface area contributed by atoms with Crippen molar-refractivity contribution in [2.75, 3.05) is 27.2 Å². The molecule has 2 unspecified atom stereocenters. The van der Waals surface area contributed by atoms with Gasteiger partial charge in [0.2, 0.25) is 10.4 Å². The standard InChI is InChI=1S/C12H24N2O3.H2O4S/c1-6-11(13-12(17)9(2)3)14(4,5)7-10(16)8-15;1-5(2,3)4/h10-11,15-16H,2,6-8H2,1,3-5H3;(H2,1,2,3,4). The molecule has 0 aromatic heterocycles. The van der Waals surface area contributed by atoms with Gasteiger partial charge in [0, 0.05) is 12.0 Å². The number of aliphatic hydroxyl groups excluding tert-OH is 2. The van der Waals surface area contributed by atoms with E-state index in [1.807, 2.05) is 21.0 Å². The summed E-state index contributed by atoms with van der Waals surface area (Å²) in [6.07, 6.45) is -0.148. The second kappa shape index (κ2) is 9.87. The van der Waals surface area contributed by atoms with Gasteiger partial charge >= 0.3 is 0 Å². The van der Waals surface area contributed by atoms with Gasteiger partial charge in [0.1, 0.15) is 12.6 Å². The van der Waals surface area contributed by atoms with Crippen molar-refractivity contribution in [1.29, 1.82) is 0 Å². The summed E-state index contributed by atoms with van der Waals surface area (Å²) in [5.41, 5.74) is 0.464. The molecule has 0 saturated heterocycles. The molecule has 9 nitrogen and oxygen atoms in total. The fraction of sp³-hybridized carbons (Fsp3) is 0.750. The maximum absolute atomic E-state index is 11.6. The number of hydrogen-bond donors (Lipinski definition) is 4. The van der Waals surface area contributed by atoms with E-state index in [9.17, 15) is 9.90 Å². The van der Waals surface area contributed by atoms with Gasteiger partial charge < -0.3 is 24.6 Å². The normalized spacial score (nSPS) is 14.4. The van der Waals surface area contributed by atoms with E-state index in [0.717, 1.165) is 6.42 Å². The first kappa shape index (κ1) is 23.2. The highest BCUT2D eigenvalue weighted by atomic mass is 32.3. The van der Waals surface area contributed by atoms with E-state index in [4.69, 9.17) is 22.6 Å². The molecule has 0 aromatic rings. The highest BCUT2D eigenvalue weighted by Crippen LogP contribution is 2.10. The molecule has 0 radical (unpaired) electrons. The van der Waals surface area contributed by atoms with Gasteiger partial charge in [0.05, 0.1) is 20.7 Å². The quantitative estimate of drug-likeness (QED) is 0.150. The zero-order chi connectivity index (χ0) is 18.1. The molecule has 22 heavy (non-hydrogen) atoms. The molecule has 0 bridgehead atoms. The van der Waals surface area contributed by atoms with Crippen LogP contribution in [0.2, 0.25) is 0 Å². The lowest BCUT2D eigenvalue weighted by Crippen LogP contribution is -2.60. The minimum Gasteiger partial charge on any atom is -0.726 e. The number of carbonyl (C=O) groups is 1. The second-order valence-corrected chi connectivity index (χ2v) is 6.26. The van der Waals surface area contributed by atoms with Gasteiger partial charge in [-0.05, 0) is 6.92 Å². The molecule has 0 spiro atoms.